The van der Waals surface area contributed by atoms with Gasteiger partial charge in [0.25, 0.3) is 0 Å². The van der Waals surface area contributed by atoms with Gasteiger partial charge in [-0.15, -0.1) is 0 Å². The lowest BCUT2D eigenvalue weighted by molar-refractivity contribution is -0.122. The summed E-state index contributed by atoms with van der Waals surface area (Å²) in [4.78, 5) is 12.4. The summed E-state index contributed by atoms with van der Waals surface area (Å²) in [5, 5.41) is 14.1. The van der Waals surface area contributed by atoms with Crippen molar-refractivity contribution >= 4 is 5.91 Å². The number of methoxy groups -OCH3 is 1. The molecule has 1 aromatic carbocycles. The molecule has 0 aliphatic rings. The van der Waals surface area contributed by atoms with E-state index in [2.05, 4.69) is 20.6 Å². The van der Waals surface area contributed by atoms with Gasteiger partial charge in [-0.1, -0.05) is 12.1 Å². The van der Waals surface area contributed by atoms with Crippen LogP contribution < -0.4 is 15.8 Å². The summed E-state index contributed by atoms with van der Waals surface area (Å²) >= 11 is 0. The lowest BCUT2D eigenvalue weighted by Crippen LogP contribution is -2.34. The molecule has 0 spiro atoms. The molecule has 1 amide bonds. The van der Waals surface area contributed by atoms with Crippen LogP contribution in [-0.2, 0) is 11.3 Å². The number of amides is 1. The number of hydrogen-bond acceptors (Lipinski definition) is 5. The van der Waals surface area contributed by atoms with Crippen LogP contribution in [0.25, 0.3) is 5.69 Å². The molecule has 2 aromatic heterocycles. The van der Waals surface area contributed by atoms with E-state index >= 15 is 0 Å². The molecule has 0 unspecified atom stereocenters. The molecule has 0 saturated heterocycles. The van der Waals surface area contributed by atoms with E-state index in [0.717, 1.165) is 34.0 Å². The number of nitrogens with one attached hydrogen (secondary N) is 2. The van der Waals surface area contributed by atoms with Crippen molar-refractivity contribution < 1.29 is 9.53 Å². The molecule has 0 radical (unpaired) electrons. The zero-order valence-corrected chi connectivity index (χ0v) is 15.0. The monoisotopic (exact) mass is 354 g/mol. The third-order valence-electron chi connectivity index (χ3n) is 4.21. The van der Waals surface area contributed by atoms with Gasteiger partial charge in [-0.25, -0.2) is 4.68 Å². The number of nitrogens with zero attached hydrogens (tertiary/aromatic N) is 3. The lowest BCUT2D eigenvalue weighted by Gasteiger charge is -2.12. The second kappa shape index (κ2) is 7.40. The predicted octanol–water partition coefficient (Wildman–Crippen LogP) is 1.54. The number of carbonyl (C=O) groups is 1. The van der Waals surface area contributed by atoms with Gasteiger partial charge in [-0.2, -0.15) is 10.2 Å². The van der Waals surface area contributed by atoms with E-state index < -0.39 is 6.04 Å². The van der Waals surface area contributed by atoms with E-state index in [1.54, 1.807) is 18.0 Å². The molecule has 4 N–H and O–H groups in total. The highest BCUT2D eigenvalue weighted by Crippen LogP contribution is 2.22. The van der Waals surface area contributed by atoms with Gasteiger partial charge in [-0.3, -0.25) is 9.89 Å². The summed E-state index contributed by atoms with van der Waals surface area (Å²) < 4.78 is 7.06. The number of aryl methyl sites for hydroxylation is 2. The molecule has 0 fully saturated rings. The Hall–Kier alpha value is -3.13. The zero-order chi connectivity index (χ0) is 18.7. The summed E-state index contributed by atoms with van der Waals surface area (Å²) in [6.45, 7) is 4.00. The number of nitrogens with two attached hydrogens (primary N) is 1. The van der Waals surface area contributed by atoms with Gasteiger partial charge >= 0.3 is 0 Å². The summed E-state index contributed by atoms with van der Waals surface area (Å²) in [6.07, 6.45) is 3.55. The Morgan fingerprint density at radius 3 is 2.85 bits per heavy atom. The highest BCUT2D eigenvalue weighted by atomic mass is 16.5. The third-order valence-corrected chi connectivity index (χ3v) is 4.21. The average Bonchev–Trinajstić information content (AvgIpc) is 3.25. The molecule has 3 rings (SSSR count). The maximum Gasteiger partial charge on any atom is 0.241 e. The molecular weight excluding hydrogens is 332 g/mol. The molecular formula is C18H22N6O2. The molecule has 0 saturated carbocycles. The van der Waals surface area contributed by atoms with E-state index in [9.17, 15) is 4.79 Å². The first kappa shape index (κ1) is 17.7. The van der Waals surface area contributed by atoms with Gasteiger partial charge in [0.15, 0.2) is 0 Å². The Kier molecular flexibility index (Phi) is 5.04. The van der Waals surface area contributed by atoms with E-state index in [0.29, 0.717) is 6.54 Å². The number of benzene rings is 1. The number of aromatic nitrogens is 4. The van der Waals surface area contributed by atoms with E-state index in [-0.39, 0.29) is 5.91 Å². The van der Waals surface area contributed by atoms with Crippen molar-refractivity contribution in [2.45, 2.75) is 26.4 Å². The van der Waals surface area contributed by atoms with Crippen LogP contribution in [0, 0.1) is 13.8 Å². The fourth-order valence-electron chi connectivity index (χ4n) is 2.85. The molecule has 8 nitrogen and oxygen atoms in total. The molecule has 2 heterocycles. The molecule has 1 atom stereocenters. The summed E-state index contributed by atoms with van der Waals surface area (Å²) in [7, 11) is 1.62. The van der Waals surface area contributed by atoms with Crippen molar-refractivity contribution in [1.29, 1.82) is 0 Å². The molecule has 136 valence electrons. The summed E-state index contributed by atoms with van der Waals surface area (Å²) in [6, 6.07) is 6.82. The van der Waals surface area contributed by atoms with Crippen LogP contribution >= 0.6 is 0 Å². The van der Waals surface area contributed by atoms with Crippen molar-refractivity contribution in [2.75, 3.05) is 7.11 Å². The molecule has 0 bridgehead atoms. The lowest BCUT2D eigenvalue weighted by atomic mass is 10.1. The maximum atomic E-state index is 12.4. The Morgan fingerprint density at radius 1 is 1.38 bits per heavy atom. The van der Waals surface area contributed by atoms with E-state index in [4.69, 9.17) is 10.5 Å². The maximum absolute atomic E-state index is 12.4. The van der Waals surface area contributed by atoms with Crippen LogP contribution in [-0.4, -0.2) is 33.0 Å². The van der Waals surface area contributed by atoms with Gasteiger partial charge in [0.1, 0.15) is 17.5 Å². The Bertz CT molecular complexity index is 895. The number of rotatable bonds is 6. The summed E-state index contributed by atoms with van der Waals surface area (Å²) in [5.74, 6) is 0.460. The molecule has 26 heavy (non-hydrogen) atoms. The smallest absolute Gasteiger partial charge is 0.241 e. The molecule has 0 aliphatic carbocycles. The van der Waals surface area contributed by atoms with E-state index in [1.165, 1.54) is 0 Å². The first-order valence-corrected chi connectivity index (χ1v) is 8.23. The quantitative estimate of drug-likeness (QED) is 0.622. The zero-order valence-electron chi connectivity index (χ0n) is 15.0. The molecule has 3 aromatic rings. The number of ether oxygens (including phenoxy) is 1. The second-order valence-electron chi connectivity index (χ2n) is 6.01. The second-order valence-corrected chi connectivity index (χ2v) is 6.01. The predicted molar refractivity (Wildman–Crippen MR) is 97.0 cm³/mol. The van der Waals surface area contributed by atoms with Crippen LogP contribution in [0.15, 0.2) is 36.7 Å². The van der Waals surface area contributed by atoms with Crippen molar-refractivity contribution in [3.63, 3.8) is 0 Å². The largest absolute Gasteiger partial charge is 0.494 e. The van der Waals surface area contributed by atoms with Crippen molar-refractivity contribution in [3.8, 4) is 11.4 Å². The number of para-hydroxylation sites is 2. The standard InChI is InChI=1S/C18H22N6O2/c1-11-16(12(2)23-22-11)17(19)18(25)20-8-13-9-21-24(10-13)14-6-4-5-7-15(14)26-3/h4-7,9-10,17H,8,19H2,1-3H3,(H,20,25)(H,22,23)/t17-/m1/s1. The highest BCUT2D eigenvalue weighted by Gasteiger charge is 2.21. The minimum absolute atomic E-state index is 0.261. The topological polar surface area (TPSA) is 111 Å². The Balaban J connectivity index is 1.67. The van der Waals surface area contributed by atoms with Crippen LogP contribution in [0.5, 0.6) is 5.75 Å². The normalized spacial score (nSPS) is 12.0. The number of H-pyrrole nitrogens is 1. The fourth-order valence-corrected chi connectivity index (χ4v) is 2.85. The van der Waals surface area contributed by atoms with Gasteiger partial charge in [0.05, 0.1) is 19.0 Å². The molecule has 8 heteroatoms. The number of hydrogen-bond donors (Lipinski definition) is 3. The minimum Gasteiger partial charge on any atom is -0.494 e. The number of carbonyl (C=O) groups excluding carboxylic acids is 1. The van der Waals surface area contributed by atoms with Crippen LogP contribution in [0.3, 0.4) is 0 Å². The first-order chi connectivity index (χ1) is 12.5. The first-order valence-electron chi connectivity index (χ1n) is 8.23. The van der Waals surface area contributed by atoms with Gasteiger partial charge in [0, 0.05) is 29.6 Å². The van der Waals surface area contributed by atoms with Crippen LogP contribution in [0.4, 0.5) is 0 Å². The fraction of sp³-hybridized carbons (Fsp3) is 0.278. The average molecular weight is 354 g/mol. The summed E-state index contributed by atoms with van der Waals surface area (Å²) in [5.41, 5.74) is 10.0. The molecule has 0 aliphatic heterocycles. The van der Waals surface area contributed by atoms with Crippen LogP contribution in [0.1, 0.15) is 28.6 Å². The van der Waals surface area contributed by atoms with Crippen molar-refractivity contribution in [3.05, 3.63) is 59.2 Å². The minimum atomic E-state index is -0.766. The van der Waals surface area contributed by atoms with Crippen molar-refractivity contribution in [1.82, 2.24) is 25.3 Å². The third kappa shape index (κ3) is 3.45. The van der Waals surface area contributed by atoms with Gasteiger partial charge < -0.3 is 15.8 Å². The van der Waals surface area contributed by atoms with Gasteiger partial charge in [0.2, 0.25) is 5.91 Å². The van der Waals surface area contributed by atoms with Gasteiger partial charge in [-0.05, 0) is 26.0 Å². The van der Waals surface area contributed by atoms with Crippen molar-refractivity contribution in [2.24, 2.45) is 5.73 Å². The highest BCUT2D eigenvalue weighted by molar-refractivity contribution is 5.83. The SMILES string of the molecule is COc1ccccc1-n1cc(CNC(=O)[C@H](N)c2c(C)n[nH]c2C)cn1. The number of aromatic amines is 1. The van der Waals surface area contributed by atoms with E-state index in [1.807, 2.05) is 44.3 Å². The Morgan fingerprint density at radius 2 is 2.15 bits per heavy atom. The van der Waals surface area contributed by atoms with Crippen LogP contribution in [0.2, 0.25) is 0 Å². The Labute approximate surface area is 151 Å².